The molecule has 0 N–H and O–H groups in total. The number of benzene rings is 1. The Hall–Kier alpha value is -0.430. The molecule has 0 saturated carbocycles. The molecule has 0 atom stereocenters. The molecule has 0 radical (unpaired) electrons. The van der Waals surface area contributed by atoms with Gasteiger partial charge in [0.1, 0.15) is 0 Å². The first-order valence-electron chi connectivity index (χ1n) is 3.51. The van der Waals surface area contributed by atoms with Crippen LogP contribution in [0, 0.1) is 3.57 Å². The maximum atomic E-state index is 5.24. The average molecular weight is 351 g/mol. The minimum absolute atomic E-state index is 0.405. The fourth-order valence-corrected chi connectivity index (χ4v) is 1.80. The van der Waals surface area contributed by atoms with Crippen molar-refractivity contribution in [1.29, 1.82) is 0 Å². The van der Waals surface area contributed by atoms with Crippen LogP contribution < -0.4 is 0 Å². The first kappa shape index (κ1) is 9.14. The minimum Gasteiger partial charge on any atom is -0.411 e. The second kappa shape index (κ2) is 3.75. The number of nitrogens with zero attached hydrogens (tertiary/aromatic N) is 2. The van der Waals surface area contributed by atoms with Crippen molar-refractivity contribution in [3.05, 3.63) is 32.6 Å². The number of halogens is 2. The summed E-state index contributed by atoms with van der Waals surface area (Å²) in [5.74, 6) is 0.539. The van der Waals surface area contributed by atoms with E-state index in [1.54, 1.807) is 0 Å². The number of aromatic nitrogens is 2. The van der Waals surface area contributed by atoms with Crippen molar-refractivity contribution in [1.82, 2.24) is 10.2 Å². The van der Waals surface area contributed by atoms with E-state index in [4.69, 9.17) is 4.42 Å². The van der Waals surface area contributed by atoms with E-state index in [-0.39, 0.29) is 0 Å². The zero-order chi connectivity index (χ0) is 9.26. The predicted molar refractivity (Wildman–Crippen MR) is 60.2 cm³/mol. The van der Waals surface area contributed by atoms with Crippen molar-refractivity contribution in [2.24, 2.45) is 0 Å². The van der Waals surface area contributed by atoms with Crippen LogP contribution in [0.4, 0.5) is 0 Å². The van der Waals surface area contributed by atoms with E-state index in [9.17, 15) is 0 Å². The normalized spacial score (nSPS) is 10.3. The summed E-state index contributed by atoms with van der Waals surface area (Å²) in [6.07, 6.45) is 0. The van der Waals surface area contributed by atoms with Gasteiger partial charge in [0.05, 0.1) is 5.56 Å². The molecule has 0 amide bonds. The molecule has 1 aromatic carbocycles. The number of hydrogen-bond acceptors (Lipinski definition) is 3. The van der Waals surface area contributed by atoms with Gasteiger partial charge in [0.15, 0.2) is 0 Å². The van der Waals surface area contributed by atoms with Gasteiger partial charge in [-0.15, -0.1) is 10.2 Å². The van der Waals surface area contributed by atoms with Crippen molar-refractivity contribution in [3.8, 4) is 11.5 Å². The fourth-order valence-electron chi connectivity index (χ4n) is 0.949. The monoisotopic (exact) mass is 350 g/mol. The van der Waals surface area contributed by atoms with Crippen LogP contribution in [0.5, 0.6) is 0 Å². The summed E-state index contributed by atoms with van der Waals surface area (Å²) in [4.78, 5) is 0.405. The van der Waals surface area contributed by atoms with Crippen LogP contribution in [0.15, 0.2) is 33.5 Å². The fraction of sp³-hybridized carbons (Fsp3) is 0. The van der Waals surface area contributed by atoms with Crippen LogP contribution >= 0.6 is 38.5 Å². The lowest BCUT2D eigenvalue weighted by molar-refractivity contribution is 0.540. The van der Waals surface area contributed by atoms with E-state index in [1.165, 1.54) is 0 Å². The lowest BCUT2D eigenvalue weighted by Gasteiger charge is -1.96. The van der Waals surface area contributed by atoms with Crippen molar-refractivity contribution >= 4 is 38.5 Å². The molecule has 1 heterocycles. The van der Waals surface area contributed by atoms with Crippen LogP contribution in [0.3, 0.4) is 0 Å². The Kier molecular flexibility index (Phi) is 2.63. The summed E-state index contributed by atoms with van der Waals surface area (Å²) in [7, 11) is 0. The second-order valence-electron chi connectivity index (χ2n) is 2.34. The summed E-state index contributed by atoms with van der Waals surface area (Å²) in [5.41, 5.74) is 0.960. The Bertz CT molecular complexity index is 430. The van der Waals surface area contributed by atoms with Crippen LogP contribution in [-0.2, 0) is 0 Å². The molecule has 2 rings (SSSR count). The molecule has 1 aromatic heterocycles. The summed E-state index contributed by atoms with van der Waals surface area (Å²) in [6.45, 7) is 0. The van der Waals surface area contributed by atoms with E-state index in [0.29, 0.717) is 10.7 Å². The van der Waals surface area contributed by atoms with Gasteiger partial charge in [-0.05, 0) is 34.7 Å². The molecule has 0 saturated heterocycles. The van der Waals surface area contributed by atoms with Crippen LogP contribution in [0.25, 0.3) is 11.5 Å². The zero-order valence-corrected chi connectivity index (χ0v) is 10.1. The largest absolute Gasteiger partial charge is 0.411 e. The Morgan fingerprint density at radius 3 is 2.62 bits per heavy atom. The summed E-state index contributed by atoms with van der Waals surface area (Å²) >= 11 is 5.34. The van der Waals surface area contributed by atoms with E-state index in [0.717, 1.165) is 9.13 Å². The van der Waals surface area contributed by atoms with Gasteiger partial charge < -0.3 is 4.42 Å². The Morgan fingerprint density at radius 2 is 2.00 bits per heavy atom. The van der Waals surface area contributed by atoms with Gasteiger partial charge in [-0.3, -0.25) is 0 Å². The Morgan fingerprint density at radius 1 is 1.23 bits per heavy atom. The molecule has 3 nitrogen and oxygen atoms in total. The molecule has 0 bridgehead atoms. The molecule has 66 valence electrons. The van der Waals surface area contributed by atoms with Crippen LogP contribution in [0.1, 0.15) is 0 Å². The third-order valence-electron chi connectivity index (χ3n) is 1.50. The molecule has 0 fully saturated rings. The third-order valence-corrected chi connectivity index (χ3v) is 2.77. The first-order chi connectivity index (χ1) is 6.27. The van der Waals surface area contributed by atoms with Gasteiger partial charge in [-0.2, -0.15) is 0 Å². The second-order valence-corrected chi connectivity index (χ2v) is 4.18. The van der Waals surface area contributed by atoms with Crippen molar-refractivity contribution in [3.63, 3.8) is 0 Å². The Balaban J connectivity index is 2.52. The van der Waals surface area contributed by atoms with Crippen LogP contribution in [-0.4, -0.2) is 10.2 Å². The van der Waals surface area contributed by atoms with Gasteiger partial charge in [-0.1, -0.05) is 12.1 Å². The highest BCUT2D eigenvalue weighted by Crippen LogP contribution is 2.24. The molecule has 2 aromatic rings. The van der Waals surface area contributed by atoms with Crippen molar-refractivity contribution in [2.75, 3.05) is 0 Å². The Labute approximate surface area is 96.8 Å². The van der Waals surface area contributed by atoms with Crippen LogP contribution in [0.2, 0.25) is 0 Å². The number of rotatable bonds is 1. The van der Waals surface area contributed by atoms with Gasteiger partial charge in [0, 0.05) is 19.5 Å². The highest BCUT2D eigenvalue weighted by Gasteiger charge is 2.08. The topological polar surface area (TPSA) is 38.9 Å². The van der Waals surface area contributed by atoms with Gasteiger partial charge in [0.2, 0.25) is 5.89 Å². The highest BCUT2D eigenvalue weighted by atomic mass is 127. The highest BCUT2D eigenvalue weighted by molar-refractivity contribution is 14.1. The van der Waals surface area contributed by atoms with E-state index in [1.807, 2.05) is 24.3 Å². The molecule has 0 spiro atoms. The maximum Gasteiger partial charge on any atom is 0.285 e. The third kappa shape index (κ3) is 1.91. The first-order valence-corrected chi connectivity index (χ1v) is 5.38. The standard InChI is InChI=1S/C8H4BrIN2O/c9-8-12-11-7(13-8)5-3-1-2-4-6(5)10/h1-4H. The zero-order valence-electron chi connectivity index (χ0n) is 6.37. The molecule has 13 heavy (non-hydrogen) atoms. The lowest BCUT2D eigenvalue weighted by atomic mass is 10.2. The predicted octanol–water partition coefficient (Wildman–Crippen LogP) is 3.10. The smallest absolute Gasteiger partial charge is 0.285 e. The number of hydrogen-bond donors (Lipinski definition) is 0. The molecule has 0 aliphatic carbocycles. The summed E-state index contributed by atoms with van der Waals surface area (Å²) in [6, 6.07) is 7.85. The van der Waals surface area contributed by atoms with Gasteiger partial charge in [-0.25, -0.2) is 0 Å². The van der Waals surface area contributed by atoms with E-state index >= 15 is 0 Å². The molecular weight excluding hydrogens is 347 g/mol. The van der Waals surface area contributed by atoms with Gasteiger partial charge in [0.25, 0.3) is 4.80 Å². The summed E-state index contributed by atoms with van der Waals surface area (Å²) < 4.78 is 6.33. The maximum absolute atomic E-state index is 5.24. The van der Waals surface area contributed by atoms with Crippen molar-refractivity contribution in [2.45, 2.75) is 0 Å². The minimum atomic E-state index is 0.405. The molecular formula is C8H4BrIN2O. The van der Waals surface area contributed by atoms with E-state index in [2.05, 4.69) is 48.7 Å². The molecule has 5 heteroatoms. The molecule has 0 unspecified atom stereocenters. The summed E-state index contributed by atoms with van der Waals surface area (Å²) in [5, 5.41) is 7.61. The van der Waals surface area contributed by atoms with E-state index < -0.39 is 0 Å². The quantitative estimate of drug-likeness (QED) is 0.742. The SMILES string of the molecule is Brc1nnc(-c2ccccc2I)o1. The molecule has 0 aliphatic rings. The van der Waals surface area contributed by atoms with Gasteiger partial charge >= 0.3 is 0 Å². The average Bonchev–Trinajstić information content (AvgIpc) is 2.53. The lowest BCUT2D eigenvalue weighted by Crippen LogP contribution is -1.81. The molecule has 0 aliphatic heterocycles. The van der Waals surface area contributed by atoms with Crippen molar-refractivity contribution < 1.29 is 4.42 Å².